The van der Waals surface area contributed by atoms with Gasteiger partial charge in [-0.2, -0.15) is 0 Å². The van der Waals surface area contributed by atoms with Crippen molar-refractivity contribution in [3.8, 4) is 0 Å². The summed E-state index contributed by atoms with van der Waals surface area (Å²) in [5.74, 6) is 0. The third-order valence-electron chi connectivity index (χ3n) is 1.68. The van der Waals surface area contributed by atoms with Gasteiger partial charge < -0.3 is 5.73 Å². The van der Waals surface area contributed by atoms with Crippen molar-refractivity contribution >= 4 is 0 Å². The number of hydrogen-bond donors (Lipinski definition) is 1. The van der Waals surface area contributed by atoms with Crippen LogP contribution in [0.5, 0.6) is 0 Å². The van der Waals surface area contributed by atoms with Crippen molar-refractivity contribution in [1.29, 1.82) is 0 Å². The standard InChI is InChI=1S/C10H19N/c1-3-5-7-10(4-2)8-6-9-11/h3,5,7H,4,6,8-9,11H2,1-2H3/b5-3-,10-7+. The van der Waals surface area contributed by atoms with E-state index in [1.807, 2.05) is 6.92 Å². The minimum Gasteiger partial charge on any atom is -0.330 e. The van der Waals surface area contributed by atoms with E-state index in [4.69, 9.17) is 5.73 Å². The molecule has 1 heteroatoms. The van der Waals surface area contributed by atoms with Crippen LogP contribution in [-0.2, 0) is 0 Å². The molecule has 0 aliphatic rings. The number of allylic oxidation sites excluding steroid dienone is 4. The van der Waals surface area contributed by atoms with Crippen molar-refractivity contribution < 1.29 is 0 Å². The lowest BCUT2D eigenvalue weighted by molar-refractivity contribution is 0.797. The quantitative estimate of drug-likeness (QED) is 0.604. The molecule has 0 amide bonds. The van der Waals surface area contributed by atoms with Gasteiger partial charge in [0.2, 0.25) is 0 Å². The molecule has 11 heavy (non-hydrogen) atoms. The van der Waals surface area contributed by atoms with E-state index < -0.39 is 0 Å². The molecule has 0 aromatic rings. The summed E-state index contributed by atoms with van der Waals surface area (Å²) in [6.07, 6.45) is 9.74. The highest BCUT2D eigenvalue weighted by molar-refractivity contribution is 5.11. The second kappa shape index (κ2) is 7.55. The third kappa shape index (κ3) is 5.86. The molecule has 0 spiro atoms. The zero-order valence-corrected chi connectivity index (χ0v) is 7.64. The lowest BCUT2D eigenvalue weighted by atomic mass is 10.1. The van der Waals surface area contributed by atoms with Crippen molar-refractivity contribution in [1.82, 2.24) is 0 Å². The molecule has 64 valence electrons. The predicted octanol–water partition coefficient (Wildman–Crippen LogP) is 2.64. The van der Waals surface area contributed by atoms with Gasteiger partial charge in [0.1, 0.15) is 0 Å². The summed E-state index contributed by atoms with van der Waals surface area (Å²) in [4.78, 5) is 0. The SMILES string of the molecule is C/C=C\C=C(/CC)CCCN. The van der Waals surface area contributed by atoms with Gasteiger partial charge in [-0.1, -0.05) is 30.7 Å². The summed E-state index contributed by atoms with van der Waals surface area (Å²) in [7, 11) is 0. The van der Waals surface area contributed by atoms with Gasteiger partial charge in [0.05, 0.1) is 0 Å². The molecule has 0 aliphatic carbocycles. The Morgan fingerprint density at radius 1 is 1.45 bits per heavy atom. The van der Waals surface area contributed by atoms with Crippen LogP contribution in [0.2, 0.25) is 0 Å². The van der Waals surface area contributed by atoms with Crippen LogP contribution in [0.3, 0.4) is 0 Å². The lowest BCUT2D eigenvalue weighted by Crippen LogP contribution is -1.98. The highest BCUT2D eigenvalue weighted by Gasteiger charge is 1.90. The van der Waals surface area contributed by atoms with Crippen molar-refractivity contribution in [2.24, 2.45) is 5.73 Å². The van der Waals surface area contributed by atoms with Gasteiger partial charge >= 0.3 is 0 Å². The van der Waals surface area contributed by atoms with E-state index in [9.17, 15) is 0 Å². The van der Waals surface area contributed by atoms with Crippen molar-refractivity contribution in [2.75, 3.05) is 6.54 Å². The van der Waals surface area contributed by atoms with Crippen LogP contribution in [0, 0.1) is 0 Å². The van der Waals surface area contributed by atoms with Gasteiger partial charge in [-0.25, -0.2) is 0 Å². The molecule has 0 unspecified atom stereocenters. The number of rotatable bonds is 5. The second-order valence-corrected chi connectivity index (χ2v) is 2.60. The molecule has 0 saturated carbocycles. The molecule has 0 aromatic heterocycles. The maximum absolute atomic E-state index is 5.41. The fourth-order valence-electron chi connectivity index (χ4n) is 0.939. The molecular formula is C10H19N. The molecule has 0 atom stereocenters. The molecule has 0 fully saturated rings. The van der Waals surface area contributed by atoms with Crippen LogP contribution in [0.4, 0.5) is 0 Å². The Morgan fingerprint density at radius 2 is 2.18 bits per heavy atom. The van der Waals surface area contributed by atoms with Crippen LogP contribution < -0.4 is 5.73 Å². The topological polar surface area (TPSA) is 26.0 Å². The van der Waals surface area contributed by atoms with Crippen molar-refractivity contribution in [2.45, 2.75) is 33.1 Å². The average Bonchev–Trinajstić information content (AvgIpc) is 2.05. The van der Waals surface area contributed by atoms with E-state index in [2.05, 4.69) is 25.2 Å². The fraction of sp³-hybridized carbons (Fsp3) is 0.600. The Hall–Kier alpha value is -0.560. The van der Waals surface area contributed by atoms with Crippen LogP contribution >= 0.6 is 0 Å². The molecule has 0 aliphatic heterocycles. The molecule has 0 heterocycles. The Bertz CT molecular complexity index is 134. The van der Waals surface area contributed by atoms with Gasteiger partial charge in [0.15, 0.2) is 0 Å². The van der Waals surface area contributed by atoms with Gasteiger partial charge in [-0.15, -0.1) is 0 Å². The second-order valence-electron chi connectivity index (χ2n) is 2.60. The van der Waals surface area contributed by atoms with Crippen molar-refractivity contribution in [3.05, 3.63) is 23.8 Å². The zero-order valence-electron chi connectivity index (χ0n) is 7.64. The smallest absolute Gasteiger partial charge is 0.00742 e. The van der Waals surface area contributed by atoms with Crippen LogP contribution in [-0.4, -0.2) is 6.54 Å². The first kappa shape index (κ1) is 10.4. The minimum atomic E-state index is 0.799. The van der Waals surface area contributed by atoms with Crippen molar-refractivity contribution in [3.63, 3.8) is 0 Å². The highest BCUT2D eigenvalue weighted by atomic mass is 14.5. The summed E-state index contributed by atoms with van der Waals surface area (Å²) in [5.41, 5.74) is 6.91. The van der Waals surface area contributed by atoms with E-state index >= 15 is 0 Å². The third-order valence-corrected chi connectivity index (χ3v) is 1.68. The van der Waals surface area contributed by atoms with Gasteiger partial charge in [0.25, 0.3) is 0 Å². The fourth-order valence-corrected chi connectivity index (χ4v) is 0.939. The maximum atomic E-state index is 5.41. The Balaban J connectivity index is 3.73. The molecule has 2 N–H and O–H groups in total. The molecule has 0 aromatic carbocycles. The first-order valence-electron chi connectivity index (χ1n) is 4.36. The minimum absolute atomic E-state index is 0.799. The normalized spacial score (nSPS) is 12.8. The molecule has 0 saturated heterocycles. The molecule has 0 radical (unpaired) electrons. The molecule has 0 bridgehead atoms. The summed E-state index contributed by atoms with van der Waals surface area (Å²) >= 11 is 0. The number of nitrogens with two attached hydrogens (primary N) is 1. The Morgan fingerprint density at radius 3 is 2.64 bits per heavy atom. The Kier molecular flexibility index (Phi) is 7.16. The van der Waals surface area contributed by atoms with E-state index in [0.717, 1.165) is 25.8 Å². The van der Waals surface area contributed by atoms with Gasteiger partial charge in [-0.3, -0.25) is 0 Å². The molecule has 1 nitrogen and oxygen atoms in total. The Labute approximate surface area is 70.0 Å². The van der Waals surface area contributed by atoms with E-state index in [-0.39, 0.29) is 0 Å². The number of hydrogen-bond acceptors (Lipinski definition) is 1. The maximum Gasteiger partial charge on any atom is -0.00742 e. The van der Waals surface area contributed by atoms with E-state index in [0.29, 0.717) is 0 Å². The zero-order chi connectivity index (χ0) is 8.53. The molecule has 0 rings (SSSR count). The summed E-state index contributed by atoms with van der Waals surface area (Å²) in [6, 6.07) is 0. The van der Waals surface area contributed by atoms with Crippen LogP contribution in [0.25, 0.3) is 0 Å². The highest BCUT2D eigenvalue weighted by Crippen LogP contribution is 2.08. The van der Waals surface area contributed by atoms with Gasteiger partial charge in [-0.05, 0) is 32.7 Å². The van der Waals surface area contributed by atoms with Crippen LogP contribution in [0.15, 0.2) is 23.8 Å². The van der Waals surface area contributed by atoms with Gasteiger partial charge in [0, 0.05) is 0 Å². The summed E-state index contributed by atoms with van der Waals surface area (Å²) < 4.78 is 0. The largest absolute Gasteiger partial charge is 0.330 e. The summed E-state index contributed by atoms with van der Waals surface area (Å²) in [5, 5.41) is 0. The monoisotopic (exact) mass is 153 g/mol. The van der Waals surface area contributed by atoms with E-state index in [1.165, 1.54) is 5.57 Å². The average molecular weight is 153 g/mol. The first-order valence-corrected chi connectivity index (χ1v) is 4.36. The first-order chi connectivity index (χ1) is 5.35. The summed E-state index contributed by atoms with van der Waals surface area (Å²) in [6.45, 7) is 5.02. The van der Waals surface area contributed by atoms with Crippen LogP contribution in [0.1, 0.15) is 33.1 Å². The lowest BCUT2D eigenvalue weighted by Gasteiger charge is -2.00. The molecular weight excluding hydrogens is 134 g/mol. The predicted molar refractivity (Wildman–Crippen MR) is 51.5 cm³/mol. The van der Waals surface area contributed by atoms with E-state index in [1.54, 1.807) is 0 Å².